The van der Waals surface area contributed by atoms with Crippen LogP contribution >= 0.6 is 0 Å². The highest BCUT2D eigenvalue weighted by Gasteiger charge is 2.28. The van der Waals surface area contributed by atoms with Crippen molar-refractivity contribution in [2.24, 2.45) is 5.92 Å². The minimum Gasteiger partial charge on any atom is -0.354 e. The lowest BCUT2D eigenvalue weighted by Gasteiger charge is -2.34. The Morgan fingerprint density at radius 3 is 2.47 bits per heavy atom. The Kier molecular flexibility index (Phi) is 9.81. The maximum Gasteiger partial charge on any atom is 0.315 e. The quantitative estimate of drug-likeness (QED) is 0.513. The summed E-state index contributed by atoms with van der Waals surface area (Å²) in [4.78, 5) is 29.6. The molecule has 1 aliphatic carbocycles. The molecule has 1 aromatic rings. The molecule has 1 aromatic carbocycles. The third kappa shape index (κ3) is 8.43. The molecule has 1 saturated carbocycles. The maximum absolute atomic E-state index is 12.3. The Morgan fingerprint density at radius 1 is 1.03 bits per heavy atom. The fourth-order valence-corrected chi connectivity index (χ4v) is 4.72. The van der Waals surface area contributed by atoms with Crippen molar-refractivity contribution in [1.82, 2.24) is 25.8 Å². The molecule has 7 heteroatoms. The fraction of sp³-hybridized carbons (Fsp3) is 0.680. The number of hydrogen-bond acceptors (Lipinski definition) is 4. The molecule has 2 fully saturated rings. The van der Waals surface area contributed by atoms with E-state index < -0.39 is 0 Å². The average molecular weight is 444 g/mol. The van der Waals surface area contributed by atoms with Crippen molar-refractivity contribution in [3.05, 3.63) is 35.9 Å². The second-order valence-electron chi connectivity index (χ2n) is 9.58. The number of rotatable bonds is 9. The molecule has 2 atom stereocenters. The van der Waals surface area contributed by atoms with Crippen LogP contribution in [0.3, 0.4) is 0 Å². The zero-order valence-corrected chi connectivity index (χ0v) is 19.8. The van der Waals surface area contributed by atoms with Gasteiger partial charge in [0.05, 0.1) is 0 Å². The second-order valence-corrected chi connectivity index (χ2v) is 9.58. The van der Waals surface area contributed by atoms with Gasteiger partial charge in [0.1, 0.15) is 0 Å². The van der Waals surface area contributed by atoms with Gasteiger partial charge in [0, 0.05) is 57.3 Å². The molecule has 1 aliphatic heterocycles. The lowest BCUT2D eigenvalue weighted by molar-refractivity contribution is -0.126. The number of carbonyl (C=O) groups is 2. The lowest BCUT2D eigenvalue weighted by Crippen LogP contribution is -2.48. The molecule has 32 heavy (non-hydrogen) atoms. The summed E-state index contributed by atoms with van der Waals surface area (Å²) in [5.41, 5.74) is 1.38. The van der Waals surface area contributed by atoms with Crippen LogP contribution in [0.15, 0.2) is 30.3 Å². The van der Waals surface area contributed by atoms with E-state index in [0.29, 0.717) is 6.54 Å². The predicted molar refractivity (Wildman–Crippen MR) is 128 cm³/mol. The Balaban J connectivity index is 1.25. The summed E-state index contributed by atoms with van der Waals surface area (Å²) >= 11 is 0. The third-order valence-electron chi connectivity index (χ3n) is 6.46. The van der Waals surface area contributed by atoms with Gasteiger partial charge in [-0.3, -0.25) is 9.69 Å². The van der Waals surface area contributed by atoms with E-state index in [0.717, 1.165) is 71.4 Å². The van der Waals surface area contributed by atoms with E-state index in [4.69, 9.17) is 0 Å². The summed E-state index contributed by atoms with van der Waals surface area (Å²) < 4.78 is 0. The largest absolute Gasteiger partial charge is 0.354 e. The van der Waals surface area contributed by atoms with Crippen molar-refractivity contribution < 1.29 is 9.59 Å². The van der Waals surface area contributed by atoms with Gasteiger partial charge in [-0.1, -0.05) is 36.8 Å². The smallest absolute Gasteiger partial charge is 0.315 e. The van der Waals surface area contributed by atoms with Crippen LogP contribution in [0.2, 0.25) is 0 Å². The number of amides is 3. The molecule has 1 heterocycles. The van der Waals surface area contributed by atoms with Gasteiger partial charge in [-0.2, -0.15) is 0 Å². The van der Waals surface area contributed by atoms with E-state index in [2.05, 4.69) is 56.1 Å². The minimum absolute atomic E-state index is 0.0111. The van der Waals surface area contributed by atoms with Gasteiger partial charge < -0.3 is 20.9 Å². The van der Waals surface area contributed by atoms with Crippen LogP contribution < -0.4 is 16.0 Å². The molecular weight excluding hydrogens is 402 g/mol. The molecule has 3 N–H and O–H groups in total. The number of carbonyl (C=O) groups excluding carboxylic acids is 2. The zero-order valence-electron chi connectivity index (χ0n) is 19.8. The Hall–Kier alpha value is -2.12. The van der Waals surface area contributed by atoms with Crippen molar-refractivity contribution >= 4 is 11.9 Å². The van der Waals surface area contributed by atoms with Gasteiger partial charge in [0.2, 0.25) is 5.91 Å². The summed E-state index contributed by atoms with van der Waals surface area (Å²) in [5, 5.41) is 9.07. The Bertz CT molecular complexity index is 704. The summed E-state index contributed by atoms with van der Waals surface area (Å²) in [6.45, 7) is 11.0. The van der Waals surface area contributed by atoms with E-state index in [1.54, 1.807) is 0 Å². The molecule has 2 unspecified atom stereocenters. The molecule has 0 aromatic heterocycles. The van der Waals surface area contributed by atoms with Crippen LogP contribution in [0.25, 0.3) is 0 Å². The van der Waals surface area contributed by atoms with Crippen molar-refractivity contribution in [2.45, 2.75) is 64.6 Å². The number of benzene rings is 1. The molecule has 3 amide bonds. The molecule has 178 valence electrons. The van der Waals surface area contributed by atoms with Gasteiger partial charge >= 0.3 is 6.03 Å². The van der Waals surface area contributed by atoms with Gasteiger partial charge in [-0.15, -0.1) is 0 Å². The van der Waals surface area contributed by atoms with E-state index >= 15 is 0 Å². The molecular formula is C25H41N5O2. The van der Waals surface area contributed by atoms with Crippen LogP contribution in [-0.2, 0) is 11.3 Å². The first-order chi connectivity index (χ1) is 15.5. The van der Waals surface area contributed by atoms with E-state index in [1.807, 2.05) is 13.8 Å². The molecule has 1 saturated heterocycles. The first-order valence-electron chi connectivity index (χ1n) is 12.3. The van der Waals surface area contributed by atoms with Gasteiger partial charge in [-0.25, -0.2) is 4.79 Å². The predicted octanol–water partition coefficient (Wildman–Crippen LogP) is 2.58. The first kappa shape index (κ1) is 24.5. The summed E-state index contributed by atoms with van der Waals surface area (Å²) in [7, 11) is 0. The third-order valence-corrected chi connectivity index (χ3v) is 6.46. The maximum atomic E-state index is 12.3. The van der Waals surface area contributed by atoms with Crippen LogP contribution in [0.4, 0.5) is 4.79 Å². The normalized spacial score (nSPS) is 22.5. The van der Waals surface area contributed by atoms with Gasteiger partial charge in [-0.05, 0) is 51.6 Å². The topological polar surface area (TPSA) is 76.7 Å². The average Bonchev–Trinajstić information content (AvgIpc) is 2.78. The van der Waals surface area contributed by atoms with Crippen molar-refractivity contribution in [2.75, 3.05) is 39.3 Å². The number of piperazine rings is 1. The van der Waals surface area contributed by atoms with Crippen LogP contribution in [0.5, 0.6) is 0 Å². The molecule has 3 rings (SSSR count). The molecule has 0 bridgehead atoms. The van der Waals surface area contributed by atoms with Gasteiger partial charge in [0.15, 0.2) is 0 Å². The summed E-state index contributed by atoms with van der Waals surface area (Å²) in [6, 6.07) is 10.8. The van der Waals surface area contributed by atoms with Crippen LogP contribution in [-0.4, -0.2) is 73.1 Å². The highest BCUT2D eigenvalue weighted by molar-refractivity contribution is 5.79. The highest BCUT2D eigenvalue weighted by atomic mass is 16.2. The SMILES string of the molecule is CC(C)NC(=O)C1CCCC(NC(=O)NCCCN2CCN(Cc3ccccc3)CC2)C1. The van der Waals surface area contributed by atoms with Gasteiger partial charge in [0.25, 0.3) is 0 Å². The number of hydrogen-bond donors (Lipinski definition) is 3. The second kappa shape index (κ2) is 12.8. The monoisotopic (exact) mass is 443 g/mol. The number of nitrogens with zero attached hydrogens (tertiary/aromatic N) is 2. The molecule has 0 spiro atoms. The van der Waals surface area contributed by atoms with E-state index in [9.17, 15) is 9.59 Å². The van der Waals surface area contributed by atoms with Crippen molar-refractivity contribution in [1.29, 1.82) is 0 Å². The van der Waals surface area contributed by atoms with Crippen LogP contribution in [0, 0.1) is 5.92 Å². The van der Waals surface area contributed by atoms with E-state index in [1.165, 1.54) is 5.56 Å². The highest BCUT2D eigenvalue weighted by Crippen LogP contribution is 2.24. The van der Waals surface area contributed by atoms with Crippen LogP contribution in [0.1, 0.15) is 51.5 Å². The number of urea groups is 1. The van der Waals surface area contributed by atoms with E-state index in [-0.39, 0.29) is 29.9 Å². The molecule has 2 aliphatic rings. The lowest BCUT2D eigenvalue weighted by atomic mass is 9.85. The zero-order chi connectivity index (χ0) is 22.8. The molecule has 7 nitrogen and oxygen atoms in total. The Morgan fingerprint density at radius 2 is 1.75 bits per heavy atom. The fourth-order valence-electron chi connectivity index (χ4n) is 4.72. The summed E-state index contributed by atoms with van der Waals surface area (Å²) in [6.07, 6.45) is 4.54. The van der Waals surface area contributed by atoms with Crippen molar-refractivity contribution in [3.63, 3.8) is 0 Å². The minimum atomic E-state index is -0.104. The Labute approximate surface area is 193 Å². The first-order valence-corrected chi connectivity index (χ1v) is 12.3. The molecule has 0 radical (unpaired) electrons. The number of nitrogens with one attached hydrogen (secondary N) is 3. The standard InChI is InChI=1S/C25H41N5O2/c1-20(2)27-24(31)22-10-6-11-23(18-22)28-25(32)26-12-7-13-29-14-16-30(17-15-29)19-21-8-4-3-5-9-21/h3-5,8-9,20,22-23H,6-7,10-19H2,1-2H3,(H,27,31)(H2,26,28,32). The summed E-state index contributed by atoms with van der Waals surface area (Å²) in [5.74, 6) is 0.132. The van der Waals surface area contributed by atoms with Crippen molar-refractivity contribution in [3.8, 4) is 0 Å².